The number of hydrogen-bond donors (Lipinski definition) is 2. The molecule has 3 N–H and O–H groups in total. The van der Waals surface area contributed by atoms with E-state index in [0.29, 0.717) is 29.3 Å². The van der Waals surface area contributed by atoms with E-state index in [1.165, 1.54) is 12.1 Å². The molecule has 0 saturated heterocycles. The molecule has 0 amide bonds. The van der Waals surface area contributed by atoms with Crippen LogP contribution in [0.3, 0.4) is 0 Å². The van der Waals surface area contributed by atoms with Crippen molar-refractivity contribution in [3.63, 3.8) is 0 Å². The minimum atomic E-state index is -0.472. The summed E-state index contributed by atoms with van der Waals surface area (Å²) in [6.07, 6.45) is 4.09. The van der Waals surface area contributed by atoms with Gasteiger partial charge in [-0.2, -0.15) is 0 Å². The van der Waals surface area contributed by atoms with Gasteiger partial charge in [0.05, 0.1) is 11.2 Å². The molecule has 0 aliphatic heterocycles. The summed E-state index contributed by atoms with van der Waals surface area (Å²) < 4.78 is 15.4. The lowest BCUT2D eigenvalue weighted by molar-refractivity contribution is 0.631. The monoisotopic (exact) mass is 352 g/mol. The molecule has 0 bridgehead atoms. The van der Waals surface area contributed by atoms with E-state index in [4.69, 9.17) is 5.73 Å². The van der Waals surface area contributed by atoms with Gasteiger partial charge in [0.1, 0.15) is 11.6 Å². The molecule has 1 fully saturated rings. The van der Waals surface area contributed by atoms with Crippen LogP contribution in [0.5, 0.6) is 0 Å². The summed E-state index contributed by atoms with van der Waals surface area (Å²) in [5.41, 5.74) is 8.33. The Hall–Kier alpha value is -2.89. The zero-order valence-corrected chi connectivity index (χ0v) is 14.8. The maximum atomic E-state index is 13.7. The van der Waals surface area contributed by atoms with Gasteiger partial charge >= 0.3 is 0 Å². The van der Waals surface area contributed by atoms with Gasteiger partial charge in [-0.3, -0.25) is 4.79 Å². The Bertz CT molecular complexity index is 1070. The number of aryl methyl sites for hydroxylation is 2. The summed E-state index contributed by atoms with van der Waals surface area (Å²) in [6, 6.07) is 7.13. The number of nitrogens with one attached hydrogen (secondary N) is 1. The summed E-state index contributed by atoms with van der Waals surface area (Å²) in [4.78, 5) is 17.6. The fraction of sp³-hybridized carbons (Fsp3) is 0.300. The van der Waals surface area contributed by atoms with Crippen LogP contribution in [0.4, 0.5) is 15.9 Å². The molecule has 4 rings (SSSR count). The Morgan fingerprint density at radius 1 is 1.27 bits per heavy atom. The molecule has 0 atom stereocenters. The van der Waals surface area contributed by atoms with Gasteiger partial charge in [0, 0.05) is 35.8 Å². The number of pyridine rings is 2. The third-order valence-corrected chi connectivity index (χ3v) is 4.86. The van der Waals surface area contributed by atoms with Crippen molar-refractivity contribution in [1.29, 1.82) is 0 Å². The molecule has 1 aliphatic rings. The molecule has 1 aliphatic carbocycles. The first-order chi connectivity index (χ1) is 12.5. The highest BCUT2D eigenvalue weighted by Gasteiger charge is 2.22. The minimum Gasteiger partial charge on any atom is -0.396 e. The summed E-state index contributed by atoms with van der Waals surface area (Å²) >= 11 is 0. The van der Waals surface area contributed by atoms with Gasteiger partial charge in [-0.05, 0) is 56.0 Å². The number of fused-ring (bicyclic) bond motifs is 1. The average molecular weight is 352 g/mol. The van der Waals surface area contributed by atoms with Crippen LogP contribution in [0.2, 0.25) is 0 Å². The summed E-state index contributed by atoms with van der Waals surface area (Å²) in [6.45, 7) is 4.25. The number of hydrogen-bond acceptors (Lipinski definition) is 4. The Kier molecular flexibility index (Phi) is 3.90. The van der Waals surface area contributed by atoms with Crippen molar-refractivity contribution in [2.24, 2.45) is 0 Å². The number of aromatic nitrogens is 2. The number of benzene rings is 1. The van der Waals surface area contributed by atoms with E-state index in [1.54, 1.807) is 17.7 Å². The van der Waals surface area contributed by atoms with Crippen LogP contribution >= 0.6 is 0 Å². The van der Waals surface area contributed by atoms with Crippen molar-refractivity contribution in [3.8, 4) is 11.1 Å². The first-order valence-corrected chi connectivity index (χ1v) is 8.84. The van der Waals surface area contributed by atoms with E-state index in [2.05, 4.69) is 10.3 Å². The lowest BCUT2D eigenvalue weighted by Crippen LogP contribution is -2.22. The number of nitrogens with zero attached hydrogens (tertiary/aromatic N) is 2. The van der Waals surface area contributed by atoms with E-state index in [9.17, 15) is 9.18 Å². The zero-order chi connectivity index (χ0) is 18.4. The predicted molar refractivity (Wildman–Crippen MR) is 103 cm³/mol. The lowest BCUT2D eigenvalue weighted by atomic mass is 9.99. The minimum absolute atomic E-state index is 0.0373. The van der Waals surface area contributed by atoms with Crippen LogP contribution in [-0.2, 0) is 6.54 Å². The average Bonchev–Trinajstić information content (AvgIpc) is 3.42. The predicted octanol–water partition coefficient (Wildman–Crippen LogP) is 3.69. The zero-order valence-electron chi connectivity index (χ0n) is 14.8. The van der Waals surface area contributed by atoms with Gasteiger partial charge in [-0.1, -0.05) is 0 Å². The second-order valence-corrected chi connectivity index (χ2v) is 6.84. The highest BCUT2D eigenvalue weighted by atomic mass is 19.1. The van der Waals surface area contributed by atoms with E-state index >= 15 is 0 Å². The van der Waals surface area contributed by atoms with E-state index in [1.807, 2.05) is 19.1 Å². The fourth-order valence-corrected chi connectivity index (χ4v) is 3.27. The summed E-state index contributed by atoms with van der Waals surface area (Å²) in [5.74, 6) is 0.317. The molecule has 0 radical (unpaired) electrons. The molecule has 5 nitrogen and oxygen atoms in total. The third kappa shape index (κ3) is 2.81. The molecule has 3 aromatic rings. The Morgan fingerprint density at radius 3 is 2.73 bits per heavy atom. The first kappa shape index (κ1) is 16.6. The Morgan fingerprint density at radius 2 is 2.04 bits per heavy atom. The first-order valence-electron chi connectivity index (χ1n) is 8.84. The maximum absolute atomic E-state index is 13.7. The quantitative estimate of drug-likeness (QED) is 0.703. The molecular formula is C20H21FN4O. The standard InChI is InChI=1S/C20H21FN4O/c1-3-25-18-9-19(24-13-4-5-13)23-10-12(18)7-15(20(25)26)14-8-17(22)16(21)6-11(14)2/h6-10,13H,3-5,22H2,1-2H3,(H,23,24). The van der Waals surface area contributed by atoms with E-state index in [-0.39, 0.29) is 11.2 Å². The van der Waals surface area contributed by atoms with Crippen molar-refractivity contribution < 1.29 is 4.39 Å². The smallest absolute Gasteiger partial charge is 0.258 e. The van der Waals surface area contributed by atoms with Gasteiger partial charge in [0.2, 0.25) is 0 Å². The van der Waals surface area contributed by atoms with Crippen LogP contribution in [-0.4, -0.2) is 15.6 Å². The van der Waals surface area contributed by atoms with Crippen LogP contribution in [0, 0.1) is 12.7 Å². The number of nitrogens with two attached hydrogens (primary N) is 1. The van der Waals surface area contributed by atoms with Crippen molar-refractivity contribution in [3.05, 3.63) is 52.2 Å². The van der Waals surface area contributed by atoms with Crippen molar-refractivity contribution in [2.75, 3.05) is 11.1 Å². The van der Waals surface area contributed by atoms with Gasteiger partial charge in [0.15, 0.2) is 0 Å². The van der Waals surface area contributed by atoms with E-state index < -0.39 is 5.82 Å². The molecule has 1 aromatic carbocycles. The number of nitrogen functional groups attached to an aromatic ring is 1. The normalized spacial score (nSPS) is 14.0. The molecular weight excluding hydrogens is 331 g/mol. The van der Waals surface area contributed by atoms with Gasteiger partial charge in [0.25, 0.3) is 5.56 Å². The van der Waals surface area contributed by atoms with Crippen LogP contribution in [0.25, 0.3) is 22.0 Å². The van der Waals surface area contributed by atoms with Crippen molar-refractivity contribution >= 4 is 22.4 Å². The number of rotatable bonds is 4. The number of anilines is 2. The third-order valence-electron chi connectivity index (χ3n) is 4.86. The van der Waals surface area contributed by atoms with Crippen LogP contribution < -0.4 is 16.6 Å². The van der Waals surface area contributed by atoms with Crippen LogP contribution in [0.15, 0.2) is 35.3 Å². The topological polar surface area (TPSA) is 72.9 Å². The lowest BCUT2D eigenvalue weighted by Gasteiger charge is -2.14. The molecule has 1 saturated carbocycles. The Balaban J connectivity index is 1.93. The van der Waals surface area contributed by atoms with Crippen molar-refractivity contribution in [1.82, 2.24) is 9.55 Å². The second-order valence-electron chi connectivity index (χ2n) is 6.84. The van der Waals surface area contributed by atoms with Crippen molar-refractivity contribution in [2.45, 2.75) is 39.3 Å². The van der Waals surface area contributed by atoms with E-state index in [0.717, 1.165) is 29.6 Å². The maximum Gasteiger partial charge on any atom is 0.258 e. The molecule has 134 valence electrons. The summed E-state index contributed by atoms with van der Waals surface area (Å²) in [5, 5.41) is 4.23. The molecule has 6 heteroatoms. The fourth-order valence-electron chi connectivity index (χ4n) is 3.27. The van der Waals surface area contributed by atoms with Gasteiger partial charge < -0.3 is 15.6 Å². The largest absolute Gasteiger partial charge is 0.396 e. The molecule has 2 aromatic heterocycles. The second kappa shape index (κ2) is 6.12. The Labute approximate surface area is 150 Å². The van der Waals surface area contributed by atoms with Crippen LogP contribution in [0.1, 0.15) is 25.3 Å². The highest BCUT2D eigenvalue weighted by Crippen LogP contribution is 2.29. The highest BCUT2D eigenvalue weighted by molar-refractivity contribution is 5.86. The molecule has 0 unspecified atom stereocenters. The van der Waals surface area contributed by atoms with Gasteiger partial charge in [-0.25, -0.2) is 9.37 Å². The molecule has 0 spiro atoms. The SMILES string of the molecule is CCn1c(=O)c(-c2cc(N)c(F)cc2C)cc2cnc(NC3CC3)cc21. The summed E-state index contributed by atoms with van der Waals surface area (Å²) in [7, 11) is 0. The van der Waals surface area contributed by atoms with Gasteiger partial charge in [-0.15, -0.1) is 0 Å². The molecule has 2 heterocycles. The number of halogens is 1. The molecule has 26 heavy (non-hydrogen) atoms.